The summed E-state index contributed by atoms with van der Waals surface area (Å²) in [4.78, 5) is 4.64. The molecule has 1 heterocycles. The maximum Gasteiger partial charge on any atom is 0.0991 e. The van der Waals surface area contributed by atoms with Crippen molar-refractivity contribution in [1.82, 2.24) is 4.98 Å². The van der Waals surface area contributed by atoms with Gasteiger partial charge in [-0.3, -0.25) is 0 Å². The van der Waals surface area contributed by atoms with E-state index in [9.17, 15) is 0 Å². The third kappa shape index (κ3) is 3.02. The molecule has 0 saturated heterocycles. The number of nitrogen functional groups attached to an aromatic ring is 1. The highest BCUT2D eigenvalue weighted by Crippen LogP contribution is 2.26. The largest absolute Gasteiger partial charge is 0.399 e. The number of benzene rings is 2. The minimum Gasteiger partial charge on any atom is -0.399 e. The van der Waals surface area contributed by atoms with E-state index >= 15 is 0 Å². The Morgan fingerprint density at radius 1 is 0.696 bits per heavy atom. The predicted octanol–water partition coefficient (Wildman–Crippen LogP) is 3.74. The lowest BCUT2D eigenvalue weighted by atomic mass is 10.1. The van der Waals surface area contributed by atoms with E-state index in [1.54, 1.807) is 36.4 Å². The number of aromatic nitrogens is 1. The van der Waals surface area contributed by atoms with Gasteiger partial charge in [0, 0.05) is 16.8 Å². The van der Waals surface area contributed by atoms with Crippen molar-refractivity contribution in [1.29, 1.82) is 10.5 Å². The lowest BCUT2D eigenvalue weighted by Gasteiger charge is -2.07. The standard InChI is InChI=1S/C19H12N4/c20-11-13-1-5-15(6-2-13)18-9-17(22)10-19(23-18)16-7-3-14(12-21)4-8-16/h1-10H,(H2,22,23). The van der Waals surface area contributed by atoms with Crippen LogP contribution in [0.2, 0.25) is 0 Å². The van der Waals surface area contributed by atoms with Gasteiger partial charge in [-0.05, 0) is 36.4 Å². The summed E-state index contributed by atoms with van der Waals surface area (Å²) in [6.07, 6.45) is 0. The highest BCUT2D eigenvalue weighted by molar-refractivity contribution is 5.71. The zero-order chi connectivity index (χ0) is 16.2. The Morgan fingerprint density at radius 2 is 1.09 bits per heavy atom. The second-order valence-electron chi connectivity index (χ2n) is 5.05. The number of pyridine rings is 1. The SMILES string of the molecule is N#Cc1ccc(-c2cc(N)cc(-c3ccc(C#N)cc3)n2)cc1. The second kappa shape index (κ2) is 6.01. The first-order chi connectivity index (χ1) is 11.2. The number of rotatable bonds is 2. The van der Waals surface area contributed by atoms with Gasteiger partial charge in [-0.2, -0.15) is 10.5 Å². The van der Waals surface area contributed by atoms with Gasteiger partial charge in [-0.15, -0.1) is 0 Å². The van der Waals surface area contributed by atoms with Gasteiger partial charge >= 0.3 is 0 Å². The summed E-state index contributed by atoms with van der Waals surface area (Å²) in [5.74, 6) is 0. The van der Waals surface area contributed by atoms with Crippen molar-refractivity contribution in [3.8, 4) is 34.7 Å². The summed E-state index contributed by atoms with van der Waals surface area (Å²) < 4.78 is 0. The van der Waals surface area contributed by atoms with Crippen LogP contribution in [0.3, 0.4) is 0 Å². The lowest BCUT2D eigenvalue weighted by molar-refractivity contribution is 1.32. The molecule has 2 N–H and O–H groups in total. The van der Waals surface area contributed by atoms with Crippen molar-refractivity contribution in [3.05, 3.63) is 71.8 Å². The fourth-order valence-electron chi connectivity index (χ4n) is 2.28. The number of hydrogen-bond donors (Lipinski definition) is 1. The highest BCUT2D eigenvalue weighted by atomic mass is 14.7. The molecule has 0 radical (unpaired) electrons. The third-order valence-corrected chi connectivity index (χ3v) is 3.47. The first-order valence-electron chi connectivity index (χ1n) is 6.98. The molecular weight excluding hydrogens is 284 g/mol. The van der Waals surface area contributed by atoms with Crippen molar-refractivity contribution in [3.63, 3.8) is 0 Å². The molecule has 0 spiro atoms. The minimum absolute atomic E-state index is 0.602. The number of anilines is 1. The van der Waals surface area contributed by atoms with Crippen molar-refractivity contribution < 1.29 is 0 Å². The maximum absolute atomic E-state index is 8.87. The molecule has 0 aliphatic heterocycles. The van der Waals surface area contributed by atoms with Crippen LogP contribution in [0.25, 0.3) is 22.5 Å². The summed E-state index contributed by atoms with van der Waals surface area (Å²) >= 11 is 0. The lowest BCUT2D eigenvalue weighted by Crippen LogP contribution is -1.93. The normalized spacial score (nSPS) is 9.83. The Labute approximate surface area is 134 Å². The molecule has 4 nitrogen and oxygen atoms in total. The number of nitriles is 2. The summed E-state index contributed by atoms with van der Waals surface area (Å²) in [6.45, 7) is 0. The van der Waals surface area contributed by atoms with Crippen LogP contribution in [0.5, 0.6) is 0 Å². The van der Waals surface area contributed by atoms with E-state index in [0.717, 1.165) is 22.5 Å². The van der Waals surface area contributed by atoms with Gasteiger partial charge in [-0.25, -0.2) is 4.98 Å². The van der Waals surface area contributed by atoms with Gasteiger partial charge in [0.1, 0.15) is 0 Å². The van der Waals surface area contributed by atoms with Crippen molar-refractivity contribution >= 4 is 5.69 Å². The topological polar surface area (TPSA) is 86.5 Å². The van der Waals surface area contributed by atoms with E-state index in [1.807, 2.05) is 24.3 Å². The summed E-state index contributed by atoms with van der Waals surface area (Å²) in [5.41, 5.74) is 11.1. The molecular formula is C19H12N4. The zero-order valence-corrected chi connectivity index (χ0v) is 12.2. The molecule has 4 heteroatoms. The minimum atomic E-state index is 0.602. The molecule has 0 fully saturated rings. The van der Waals surface area contributed by atoms with Crippen LogP contribution in [0.4, 0.5) is 5.69 Å². The van der Waals surface area contributed by atoms with E-state index in [1.165, 1.54) is 0 Å². The fraction of sp³-hybridized carbons (Fsp3) is 0. The van der Waals surface area contributed by atoms with Crippen LogP contribution in [0, 0.1) is 22.7 Å². The van der Waals surface area contributed by atoms with Crippen LogP contribution < -0.4 is 5.73 Å². The zero-order valence-electron chi connectivity index (χ0n) is 12.2. The van der Waals surface area contributed by atoms with Crippen LogP contribution >= 0.6 is 0 Å². The predicted molar refractivity (Wildman–Crippen MR) is 89.0 cm³/mol. The van der Waals surface area contributed by atoms with Crippen LogP contribution in [-0.4, -0.2) is 4.98 Å². The maximum atomic E-state index is 8.87. The van der Waals surface area contributed by atoms with Gasteiger partial charge in [-0.1, -0.05) is 24.3 Å². The van der Waals surface area contributed by atoms with Crippen LogP contribution in [0.1, 0.15) is 11.1 Å². The summed E-state index contributed by atoms with van der Waals surface area (Å²) in [5, 5.41) is 17.7. The summed E-state index contributed by atoms with van der Waals surface area (Å²) in [7, 11) is 0. The van der Waals surface area contributed by atoms with E-state index in [2.05, 4.69) is 17.1 Å². The van der Waals surface area contributed by atoms with E-state index in [4.69, 9.17) is 16.3 Å². The molecule has 0 atom stereocenters. The Bertz CT molecular complexity index is 851. The third-order valence-electron chi connectivity index (χ3n) is 3.47. The van der Waals surface area contributed by atoms with Gasteiger partial charge in [0.25, 0.3) is 0 Å². The molecule has 23 heavy (non-hydrogen) atoms. The average molecular weight is 296 g/mol. The number of hydrogen-bond acceptors (Lipinski definition) is 4. The van der Waals surface area contributed by atoms with E-state index in [0.29, 0.717) is 16.8 Å². The van der Waals surface area contributed by atoms with E-state index in [-0.39, 0.29) is 0 Å². The van der Waals surface area contributed by atoms with Crippen LogP contribution in [-0.2, 0) is 0 Å². The van der Waals surface area contributed by atoms with Gasteiger partial charge in [0.05, 0.1) is 34.7 Å². The van der Waals surface area contributed by atoms with Gasteiger partial charge in [0.15, 0.2) is 0 Å². The number of nitrogens with zero attached hydrogens (tertiary/aromatic N) is 3. The van der Waals surface area contributed by atoms with Gasteiger partial charge < -0.3 is 5.73 Å². The first-order valence-corrected chi connectivity index (χ1v) is 6.98. The molecule has 0 aliphatic carbocycles. The Hall–Kier alpha value is -3.63. The van der Waals surface area contributed by atoms with E-state index < -0.39 is 0 Å². The second-order valence-corrected chi connectivity index (χ2v) is 5.05. The quantitative estimate of drug-likeness (QED) is 0.780. The van der Waals surface area contributed by atoms with Crippen molar-refractivity contribution in [2.45, 2.75) is 0 Å². The molecule has 2 aromatic carbocycles. The fourth-order valence-corrected chi connectivity index (χ4v) is 2.28. The Morgan fingerprint density at radius 3 is 1.43 bits per heavy atom. The Kier molecular flexibility index (Phi) is 3.74. The molecule has 0 saturated carbocycles. The van der Waals surface area contributed by atoms with Crippen molar-refractivity contribution in [2.75, 3.05) is 5.73 Å². The van der Waals surface area contributed by atoms with Crippen LogP contribution in [0.15, 0.2) is 60.7 Å². The molecule has 3 aromatic rings. The highest BCUT2D eigenvalue weighted by Gasteiger charge is 2.06. The summed E-state index contributed by atoms with van der Waals surface area (Å²) in [6, 6.07) is 22.2. The molecule has 3 rings (SSSR count). The molecule has 0 unspecified atom stereocenters. The molecule has 0 aliphatic rings. The first kappa shape index (κ1) is 14.3. The number of nitrogens with two attached hydrogens (primary N) is 1. The monoisotopic (exact) mass is 296 g/mol. The molecule has 108 valence electrons. The smallest absolute Gasteiger partial charge is 0.0991 e. The molecule has 1 aromatic heterocycles. The molecule has 0 bridgehead atoms. The van der Waals surface area contributed by atoms with Gasteiger partial charge in [0.2, 0.25) is 0 Å². The Balaban J connectivity index is 2.04. The van der Waals surface area contributed by atoms with Crippen molar-refractivity contribution in [2.24, 2.45) is 0 Å². The molecule has 0 amide bonds. The average Bonchev–Trinajstić information content (AvgIpc) is 2.61.